The van der Waals surface area contributed by atoms with Gasteiger partial charge in [-0.25, -0.2) is 0 Å². The second-order valence-electron chi connectivity index (χ2n) is 1.50. The lowest BCUT2D eigenvalue weighted by atomic mass is 10.3. The van der Waals surface area contributed by atoms with Gasteiger partial charge in [-0.2, -0.15) is 0 Å². The molecule has 0 radical (unpaired) electrons. The zero-order valence-electron chi connectivity index (χ0n) is 4.33. The molecule has 4 heteroatoms. The van der Waals surface area contributed by atoms with E-state index in [1.165, 1.54) is 0 Å². The summed E-state index contributed by atoms with van der Waals surface area (Å²) in [6.07, 6.45) is 1.81. The van der Waals surface area contributed by atoms with Crippen molar-refractivity contribution in [1.82, 2.24) is 0 Å². The van der Waals surface area contributed by atoms with Gasteiger partial charge in [-0.3, -0.25) is 0 Å². The van der Waals surface area contributed by atoms with Crippen molar-refractivity contribution in [3.63, 3.8) is 0 Å². The molecule has 0 bridgehead atoms. The molecular formula is C4H7NO2S. The summed E-state index contributed by atoms with van der Waals surface area (Å²) in [7, 11) is 0. The molecule has 0 amide bonds. The molecule has 0 aromatic rings. The molecule has 1 heterocycles. The molecule has 1 fully saturated rings. The normalized spacial score (nSPS) is 26.2. The Morgan fingerprint density at radius 3 is 3.00 bits per heavy atom. The van der Waals surface area contributed by atoms with Crippen LogP contribution < -0.4 is 0 Å². The molecule has 1 N–H and O–H groups in total. The fourth-order valence-electron chi connectivity index (χ4n) is 0.500. The van der Waals surface area contributed by atoms with Gasteiger partial charge in [-0.05, 0) is 6.42 Å². The number of rotatable bonds is 0. The highest BCUT2D eigenvalue weighted by molar-refractivity contribution is 8.09. The maximum Gasteiger partial charge on any atom is 0.140 e. The van der Waals surface area contributed by atoms with Gasteiger partial charge in [0.25, 0.3) is 0 Å². The van der Waals surface area contributed by atoms with Crippen LogP contribution in [0.5, 0.6) is 0 Å². The number of hydrogen-bond donors (Lipinski definition) is 1. The van der Waals surface area contributed by atoms with Gasteiger partial charge in [0, 0.05) is 18.5 Å². The zero-order valence-corrected chi connectivity index (χ0v) is 5.15. The van der Waals surface area contributed by atoms with Crippen LogP contribution in [-0.4, -0.2) is 16.9 Å². The molecule has 0 aromatic carbocycles. The smallest absolute Gasteiger partial charge is 0.140 e. The maximum atomic E-state index is 8.18. The lowest BCUT2D eigenvalue weighted by Gasteiger charge is -2.08. The number of nitrogens with zero attached hydrogens (tertiary/aromatic N) is 1. The van der Waals surface area contributed by atoms with Gasteiger partial charge in [0.05, 0.1) is 6.61 Å². The Hall–Kier alpha value is -0.220. The number of oxime groups is 1. The highest BCUT2D eigenvalue weighted by Gasteiger charge is 2.07. The van der Waals surface area contributed by atoms with Crippen LogP contribution in [0.2, 0.25) is 0 Å². The zero-order chi connectivity index (χ0) is 5.82. The van der Waals surface area contributed by atoms with Crippen molar-refractivity contribution in [2.24, 2.45) is 5.16 Å². The van der Waals surface area contributed by atoms with Crippen LogP contribution in [0.4, 0.5) is 0 Å². The molecule has 1 aliphatic heterocycles. The maximum absolute atomic E-state index is 8.18. The van der Waals surface area contributed by atoms with Crippen LogP contribution >= 0.6 is 12.0 Å². The minimum atomic E-state index is 0.677. The van der Waals surface area contributed by atoms with Crippen LogP contribution in [-0.2, 0) is 4.18 Å². The van der Waals surface area contributed by atoms with Crippen molar-refractivity contribution in [3.05, 3.63) is 0 Å². The third-order valence-electron chi connectivity index (χ3n) is 0.885. The number of hydrogen-bond acceptors (Lipinski definition) is 4. The summed E-state index contributed by atoms with van der Waals surface area (Å²) in [6, 6.07) is 0. The summed E-state index contributed by atoms with van der Waals surface area (Å²) in [5.74, 6) is 0. The Balaban J connectivity index is 2.33. The molecule has 8 heavy (non-hydrogen) atoms. The van der Waals surface area contributed by atoms with Crippen LogP contribution in [0.25, 0.3) is 0 Å². The van der Waals surface area contributed by atoms with Crippen LogP contribution in [0.15, 0.2) is 5.16 Å². The summed E-state index contributed by atoms with van der Waals surface area (Å²) in [5, 5.41) is 11.9. The first-order chi connectivity index (χ1) is 3.93. The van der Waals surface area contributed by atoms with E-state index < -0.39 is 0 Å². The van der Waals surface area contributed by atoms with E-state index in [9.17, 15) is 0 Å². The van der Waals surface area contributed by atoms with Gasteiger partial charge in [-0.15, -0.1) is 0 Å². The Kier molecular flexibility index (Phi) is 2.17. The largest absolute Gasteiger partial charge is 0.410 e. The SMILES string of the molecule is O/N=C1/CCCOS1. The standard InChI is InChI=1S/C4H7NO2S/c6-5-4-2-1-3-7-8-4/h6H,1-3H2/b5-4-. The molecule has 0 unspecified atom stereocenters. The lowest BCUT2D eigenvalue weighted by Crippen LogP contribution is -2.03. The van der Waals surface area contributed by atoms with E-state index in [2.05, 4.69) is 5.16 Å². The van der Waals surface area contributed by atoms with Gasteiger partial charge in [0.15, 0.2) is 0 Å². The van der Waals surface area contributed by atoms with Crippen molar-refractivity contribution in [2.45, 2.75) is 12.8 Å². The van der Waals surface area contributed by atoms with E-state index in [1.807, 2.05) is 0 Å². The van der Waals surface area contributed by atoms with E-state index in [0.29, 0.717) is 5.04 Å². The molecule has 0 spiro atoms. The van der Waals surface area contributed by atoms with Crippen molar-refractivity contribution in [2.75, 3.05) is 6.61 Å². The summed E-state index contributed by atoms with van der Waals surface area (Å²) < 4.78 is 4.90. The van der Waals surface area contributed by atoms with Gasteiger partial charge < -0.3 is 9.39 Å². The quantitative estimate of drug-likeness (QED) is 0.307. The lowest BCUT2D eigenvalue weighted by molar-refractivity contribution is 0.313. The average Bonchev–Trinajstić information content (AvgIpc) is 1.90. The minimum absolute atomic E-state index is 0.677. The van der Waals surface area contributed by atoms with Crippen molar-refractivity contribution < 1.29 is 9.39 Å². The van der Waals surface area contributed by atoms with Crippen LogP contribution in [0.3, 0.4) is 0 Å². The second-order valence-corrected chi connectivity index (χ2v) is 2.38. The minimum Gasteiger partial charge on any atom is -0.410 e. The summed E-state index contributed by atoms with van der Waals surface area (Å²) in [6.45, 7) is 0.768. The van der Waals surface area contributed by atoms with Gasteiger partial charge >= 0.3 is 0 Å². The molecule has 0 aromatic heterocycles. The highest BCUT2D eigenvalue weighted by atomic mass is 32.2. The average molecular weight is 133 g/mol. The predicted molar refractivity (Wildman–Crippen MR) is 32.0 cm³/mol. The molecule has 1 aliphatic rings. The van der Waals surface area contributed by atoms with Gasteiger partial charge in [-0.1, -0.05) is 5.16 Å². The summed E-state index contributed by atoms with van der Waals surface area (Å²) in [4.78, 5) is 0. The molecule has 1 rings (SSSR count). The summed E-state index contributed by atoms with van der Waals surface area (Å²) in [5.41, 5.74) is 0. The highest BCUT2D eigenvalue weighted by Crippen LogP contribution is 2.16. The van der Waals surface area contributed by atoms with E-state index in [1.54, 1.807) is 0 Å². The molecule has 0 saturated carbocycles. The third kappa shape index (κ3) is 1.38. The van der Waals surface area contributed by atoms with Crippen molar-refractivity contribution in [3.8, 4) is 0 Å². The molecule has 0 aliphatic carbocycles. The topological polar surface area (TPSA) is 41.8 Å². The van der Waals surface area contributed by atoms with E-state index >= 15 is 0 Å². The molecule has 46 valence electrons. The fourth-order valence-corrected chi connectivity index (χ4v) is 1.10. The third-order valence-corrected chi connectivity index (χ3v) is 1.65. The van der Waals surface area contributed by atoms with E-state index in [-0.39, 0.29) is 0 Å². The molecular weight excluding hydrogens is 126 g/mol. The van der Waals surface area contributed by atoms with Crippen molar-refractivity contribution >= 4 is 17.1 Å². The predicted octanol–water partition coefficient (Wildman–Crippen LogP) is 1.23. The van der Waals surface area contributed by atoms with Crippen LogP contribution in [0.1, 0.15) is 12.8 Å². The van der Waals surface area contributed by atoms with Crippen molar-refractivity contribution in [1.29, 1.82) is 0 Å². The Morgan fingerprint density at radius 1 is 1.75 bits per heavy atom. The molecule has 1 saturated heterocycles. The fraction of sp³-hybridized carbons (Fsp3) is 0.750. The van der Waals surface area contributed by atoms with E-state index in [4.69, 9.17) is 9.39 Å². The van der Waals surface area contributed by atoms with Gasteiger partial charge in [0.2, 0.25) is 0 Å². The summed E-state index contributed by atoms with van der Waals surface area (Å²) >= 11 is 1.16. The first-order valence-electron chi connectivity index (χ1n) is 2.44. The molecule has 3 nitrogen and oxygen atoms in total. The first kappa shape index (κ1) is 5.91. The monoisotopic (exact) mass is 133 g/mol. The Morgan fingerprint density at radius 2 is 2.62 bits per heavy atom. The Bertz CT molecular complexity index is 96.2. The van der Waals surface area contributed by atoms with E-state index in [0.717, 1.165) is 31.5 Å². The van der Waals surface area contributed by atoms with Gasteiger partial charge in [0.1, 0.15) is 5.04 Å². The molecule has 0 atom stereocenters. The van der Waals surface area contributed by atoms with Crippen LogP contribution in [0, 0.1) is 0 Å². The Labute approximate surface area is 51.9 Å². The second kappa shape index (κ2) is 2.94. The first-order valence-corrected chi connectivity index (χ1v) is 3.18.